The van der Waals surface area contributed by atoms with Gasteiger partial charge in [0.25, 0.3) is 0 Å². The summed E-state index contributed by atoms with van der Waals surface area (Å²) >= 11 is 0. The van der Waals surface area contributed by atoms with E-state index in [1.807, 2.05) is 0 Å². The van der Waals surface area contributed by atoms with E-state index in [0.717, 1.165) is 47.0 Å². The first-order valence-electron chi connectivity index (χ1n) is 17.6. The van der Waals surface area contributed by atoms with E-state index in [-0.39, 0.29) is 0 Å². The van der Waals surface area contributed by atoms with Crippen LogP contribution in [0.3, 0.4) is 0 Å². The van der Waals surface area contributed by atoms with Crippen molar-refractivity contribution in [2.24, 2.45) is 0 Å². The van der Waals surface area contributed by atoms with Crippen molar-refractivity contribution >= 4 is 55.7 Å². The van der Waals surface area contributed by atoms with Crippen molar-refractivity contribution in [1.82, 2.24) is 0 Å². The number of aryl methyl sites for hydroxylation is 2. The zero-order valence-corrected chi connectivity index (χ0v) is 28.1. The molecule has 7 aromatic carbocycles. The topological polar surface area (TPSA) is 6.48 Å². The van der Waals surface area contributed by atoms with Gasteiger partial charge in [-0.2, -0.15) is 0 Å². The molecule has 0 unspecified atom stereocenters. The molecule has 238 valence electrons. The van der Waals surface area contributed by atoms with Crippen LogP contribution in [0.1, 0.15) is 50.7 Å². The highest BCUT2D eigenvalue weighted by Crippen LogP contribution is 2.52. The number of anilines is 6. The van der Waals surface area contributed by atoms with E-state index in [1.165, 1.54) is 58.4 Å². The fourth-order valence-corrected chi connectivity index (χ4v) is 6.91. The summed E-state index contributed by atoms with van der Waals surface area (Å²) in [4.78, 5) is 4.94. The molecule has 0 saturated carbocycles. The number of fused-ring (bicyclic) bond motifs is 3. The Morgan fingerprint density at radius 2 is 0.646 bits per heavy atom. The lowest BCUT2D eigenvalue weighted by atomic mass is 9.95. The molecule has 2 nitrogen and oxygen atoms in total. The highest BCUT2D eigenvalue weighted by atomic mass is 15.2. The van der Waals surface area contributed by atoms with E-state index in [4.69, 9.17) is 0 Å². The number of hydrogen-bond acceptors (Lipinski definition) is 2. The Balaban J connectivity index is 1.57. The molecular weight excluding hydrogens is 581 g/mol. The van der Waals surface area contributed by atoms with Gasteiger partial charge < -0.3 is 9.80 Å². The van der Waals surface area contributed by atoms with Crippen LogP contribution in [-0.2, 0) is 12.8 Å². The maximum absolute atomic E-state index is 2.47. The second-order valence-corrected chi connectivity index (χ2v) is 12.7. The van der Waals surface area contributed by atoms with Crippen LogP contribution in [0.5, 0.6) is 0 Å². The van der Waals surface area contributed by atoms with Crippen LogP contribution in [0.15, 0.2) is 158 Å². The molecule has 0 spiro atoms. The third kappa shape index (κ3) is 6.31. The Morgan fingerprint density at radius 3 is 1.00 bits per heavy atom. The lowest BCUT2D eigenvalue weighted by Crippen LogP contribution is -2.18. The highest BCUT2D eigenvalue weighted by molar-refractivity contribution is 6.23. The average molecular weight is 625 g/mol. The van der Waals surface area contributed by atoms with Crippen LogP contribution in [0.25, 0.3) is 21.5 Å². The summed E-state index contributed by atoms with van der Waals surface area (Å²) < 4.78 is 0. The summed E-state index contributed by atoms with van der Waals surface area (Å²) in [7, 11) is 0. The van der Waals surface area contributed by atoms with Crippen molar-refractivity contribution in [1.29, 1.82) is 0 Å². The first-order valence-corrected chi connectivity index (χ1v) is 17.6. The number of unbranched alkanes of at least 4 members (excludes halogenated alkanes) is 2. The Bertz CT molecular complexity index is 1930. The van der Waals surface area contributed by atoms with E-state index in [1.54, 1.807) is 0 Å². The Morgan fingerprint density at radius 1 is 0.333 bits per heavy atom. The van der Waals surface area contributed by atoms with Gasteiger partial charge in [-0.1, -0.05) is 136 Å². The molecule has 2 heteroatoms. The monoisotopic (exact) mass is 624 g/mol. The van der Waals surface area contributed by atoms with Crippen LogP contribution >= 0.6 is 0 Å². The summed E-state index contributed by atoms with van der Waals surface area (Å²) in [6.45, 7) is 4.52. The van der Waals surface area contributed by atoms with Crippen molar-refractivity contribution in [2.45, 2.75) is 52.4 Å². The molecular formula is C46H44N2. The quantitative estimate of drug-likeness (QED) is 0.0986. The summed E-state index contributed by atoms with van der Waals surface area (Å²) in [5.41, 5.74) is 9.63. The fraction of sp³-hybridized carbons (Fsp3) is 0.174. The fourth-order valence-electron chi connectivity index (χ4n) is 6.91. The second kappa shape index (κ2) is 14.6. The number of nitrogens with zero attached hydrogens (tertiary/aromatic N) is 2. The second-order valence-electron chi connectivity index (χ2n) is 12.7. The van der Waals surface area contributed by atoms with Gasteiger partial charge in [-0.15, -0.1) is 0 Å². The van der Waals surface area contributed by atoms with Gasteiger partial charge in [0, 0.05) is 33.5 Å². The summed E-state index contributed by atoms with van der Waals surface area (Å²) in [6.07, 6.45) is 6.98. The van der Waals surface area contributed by atoms with Gasteiger partial charge in [0.1, 0.15) is 0 Å². The van der Waals surface area contributed by atoms with Crippen molar-refractivity contribution in [2.75, 3.05) is 9.80 Å². The van der Waals surface area contributed by atoms with Gasteiger partial charge in [0.2, 0.25) is 0 Å². The van der Waals surface area contributed by atoms with Crippen LogP contribution in [0, 0.1) is 0 Å². The molecule has 0 amide bonds. The minimum absolute atomic E-state index is 1.10. The van der Waals surface area contributed by atoms with Gasteiger partial charge in [-0.25, -0.2) is 0 Å². The van der Waals surface area contributed by atoms with Crippen molar-refractivity contribution in [3.8, 4) is 0 Å². The first kappa shape index (κ1) is 31.3. The van der Waals surface area contributed by atoms with Crippen molar-refractivity contribution in [3.05, 3.63) is 169 Å². The standard InChI is InChI=1S/C46H44N2/c1-3-5-17-35-27-31-39(32-28-35)47(37-19-9-7-10-20-37)45-43-25-15-13-23-41(43)42-24-14-16-26-44(42)46(45)48(38-21-11-8-12-22-38)40-33-29-36(30-34-40)18-6-4-2/h7-16,19-34H,3-6,17-18H2,1-2H3. The van der Waals surface area contributed by atoms with E-state index in [2.05, 4.69) is 181 Å². The van der Waals surface area contributed by atoms with Crippen LogP contribution in [-0.4, -0.2) is 0 Å². The van der Waals surface area contributed by atoms with Gasteiger partial charge in [0.15, 0.2) is 0 Å². The normalized spacial score (nSPS) is 11.2. The van der Waals surface area contributed by atoms with Crippen molar-refractivity contribution in [3.63, 3.8) is 0 Å². The average Bonchev–Trinajstić information content (AvgIpc) is 3.16. The molecule has 7 rings (SSSR count). The van der Waals surface area contributed by atoms with Gasteiger partial charge in [0.05, 0.1) is 11.4 Å². The predicted molar refractivity (Wildman–Crippen MR) is 208 cm³/mol. The summed E-state index contributed by atoms with van der Waals surface area (Å²) in [5, 5.41) is 4.92. The largest absolute Gasteiger partial charge is 0.308 e. The molecule has 0 aliphatic rings. The zero-order chi connectivity index (χ0) is 32.7. The number of benzene rings is 7. The molecule has 0 N–H and O–H groups in total. The van der Waals surface area contributed by atoms with Crippen LogP contribution < -0.4 is 9.80 Å². The molecule has 0 radical (unpaired) electrons. The summed E-state index contributed by atoms with van der Waals surface area (Å²) in [5.74, 6) is 0. The summed E-state index contributed by atoms with van der Waals surface area (Å²) in [6, 6.07) is 58.0. The van der Waals surface area contributed by atoms with Gasteiger partial charge in [-0.05, 0) is 96.1 Å². The minimum Gasteiger partial charge on any atom is -0.308 e. The highest BCUT2D eigenvalue weighted by Gasteiger charge is 2.27. The minimum atomic E-state index is 1.10. The molecule has 0 bridgehead atoms. The van der Waals surface area contributed by atoms with E-state index >= 15 is 0 Å². The Labute approximate surface area is 285 Å². The van der Waals surface area contributed by atoms with E-state index < -0.39 is 0 Å². The molecule has 0 aliphatic heterocycles. The maximum atomic E-state index is 2.47. The lowest BCUT2D eigenvalue weighted by Gasteiger charge is -2.35. The van der Waals surface area contributed by atoms with Crippen LogP contribution in [0.2, 0.25) is 0 Å². The Hall–Kier alpha value is -5.34. The predicted octanol–water partition coefficient (Wildman–Crippen LogP) is 13.6. The molecule has 48 heavy (non-hydrogen) atoms. The third-order valence-electron chi connectivity index (χ3n) is 9.38. The van der Waals surface area contributed by atoms with E-state index in [0.29, 0.717) is 0 Å². The lowest BCUT2D eigenvalue weighted by molar-refractivity contribution is 0.795. The molecule has 7 aromatic rings. The van der Waals surface area contributed by atoms with Gasteiger partial charge in [-0.3, -0.25) is 0 Å². The molecule has 0 atom stereocenters. The molecule has 0 heterocycles. The number of hydrogen-bond donors (Lipinski definition) is 0. The first-order chi connectivity index (χ1) is 23.8. The molecule has 0 aromatic heterocycles. The van der Waals surface area contributed by atoms with E-state index in [9.17, 15) is 0 Å². The molecule has 0 saturated heterocycles. The Kier molecular flexibility index (Phi) is 9.52. The third-order valence-corrected chi connectivity index (χ3v) is 9.38. The van der Waals surface area contributed by atoms with Crippen LogP contribution in [0.4, 0.5) is 34.1 Å². The zero-order valence-electron chi connectivity index (χ0n) is 28.1. The van der Waals surface area contributed by atoms with Crippen molar-refractivity contribution < 1.29 is 0 Å². The van der Waals surface area contributed by atoms with Gasteiger partial charge >= 0.3 is 0 Å². The maximum Gasteiger partial charge on any atom is 0.0788 e. The molecule has 0 aliphatic carbocycles. The molecule has 0 fully saturated rings. The smallest absolute Gasteiger partial charge is 0.0788 e. The number of rotatable bonds is 12. The SMILES string of the molecule is CCCCc1ccc(N(c2ccccc2)c2c(N(c3ccccc3)c3ccc(CCCC)cc3)c3ccccc3c3ccccc23)cc1. The number of para-hydroxylation sites is 2.